The maximum Gasteiger partial charge on any atom is 0.331 e. The Morgan fingerprint density at radius 2 is 2.06 bits per heavy atom. The van der Waals surface area contributed by atoms with Crippen LogP contribution in [0.1, 0.15) is 58.5 Å². The van der Waals surface area contributed by atoms with E-state index in [1.54, 1.807) is 6.92 Å². The standard InChI is InChI=1S/C24H38N2O8/c1-8-24(5,6)34-18-13-31-12-16(23(29)33-15(4)21(18)32-11-14(2)3)26-22(28)19-20(27)17(30-7)9-10-25-19/h9-10,14-16,18,21,27H,8,11-13H2,1-7H3,(H,26,28). The van der Waals surface area contributed by atoms with Crippen molar-refractivity contribution in [3.63, 3.8) is 0 Å². The Labute approximate surface area is 201 Å². The smallest absolute Gasteiger partial charge is 0.331 e. The van der Waals surface area contributed by atoms with Gasteiger partial charge < -0.3 is 34.1 Å². The van der Waals surface area contributed by atoms with Crippen LogP contribution in [0.3, 0.4) is 0 Å². The minimum atomic E-state index is -1.12. The van der Waals surface area contributed by atoms with Gasteiger partial charge in [-0.15, -0.1) is 0 Å². The zero-order valence-corrected chi connectivity index (χ0v) is 21.1. The van der Waals surface area contributed by atoms with Crippen molar-refractivity contribution < 1.29 is 38.4 Å². The molecule has 4 unspecified atom stereocenters. The molecular weight excluding hydrogens is 444 g/mol. The molecule has 0 spiro atoms. The third kappa shape index (κ3) is 7.54. The quantitative estimate of drug-likeness (QED) is 0.511. The Morgan fingerprint density at radius 3 is 2.68 bits per heavy atom. The van der Waals surface area contributed by atoms with Gasteiger partial charge in [0.25, 0.3) is 5.91 Å². The van der Waals surface area contributed by atoms with Crippen molar-refractivity contribution in [3.05, 3.63) is 18.0 Å². The van der Waals surface area contributed by atoms with Gasteiger partial charge in [-0.3, -0.25) is 4.79 Å². The molecule has 0 bridgehead atoms. The molecule has 0 aliphatic carbocycles. The van der Waals surface area contributed by atoms with E-state index in [-0.39, 0.29) is 30.6 Å². The molecule has 1 fully saturated rings. The molecule has 2 heterocycles. The lowest BCUT2D eigenvalue weighted by atomic mass is 10.0. The van der Waals surface area contributed by atoms with E-state index in [0.717, 1.165) is 6.42 Å². The van der Waals surface area contributed by atoms with Crippen LogP contribution in [0, 0.1) is 5.92 Å². The fourth-order valence-corrected chi connectivity index (χ4v) is 3.33. The molecule has 1 amide bonds. The first kappa shape index (κ1) is 27.8. The number of ether oxygens (including phenoxy) is 5. The lowest BCUT2D eigenvalue weighted by molar-refractivity contribution is -0.188. The number of pyridine rings is 1. The normalized spacial score (nSPS) is 24.1. The monoisotopic (exact) mass is 482 g/mol. The van der Waals surface area contributed by atoms with Crippen LogP contribution < -0.4 is 10.1 Å². The van der Waals surface area contributed by atoms with Gasteiger partial charge in [0, 0.05) is 18.9 Å². The zero-order valence-electron chi connectivity index (χ0n) is 21.1. The topological polar surface area (TPSA) is 125 Å². The molecule has 0 aromatic carbocycles. The largest absolute Gasteiger partial charge is 0.503 e. The van der Waals surface area contributed by atoms with Gasteiger partial charge in [-0.2, -0.15) is 0 Å². The molecule has 1 aromatic heterocycles. The predicted octanol–water partition coefficient (Wildman–Crippen LogP) is 2.47. The number of amides is 1. The molecule has 1 saturated heterocycles. The second-order valence-electron chi connectivity index (χ2n) is 9.38. The van der Waals surface area contributed by atoms with Crippen LogP contribution in [0.2, 0.25) is 0 Å². The molecular formula is C24H38N2O8. The Balaban J connectivity index is 2.22. The molecule has 1 aliphatic heterocycles. The Bertz CT molecular complexity index is 829. The first-order valence-corrected chi connectivity index (χ1v) is 11.6. The molecule has 192 valence electrons. The van der Waals surface area contributed by atoms with Gasteiger partial charge in [0.1, 0.15) is 18.3 Å². The van der Waals surface area contributed by atoms with E-state index < -0.39 is 47.6 Å². The minimum absolute atomic E-state index is 0.0886. The van der Waals surface area contributed by atoms with Crippen LogP contribution >= 0.6 is 0 Å². The molecule has 10 nitrogen and oxygen atoms in total. The highest BCUT2D eigenvalue weighted by atomic mass is 16.6. The van der Waals surface area contributed by atoms with Crippen molar-refractivity contribution in [2.24, 2.45) is 5.92 Å². The highest BCUT2D eigenvalue weighted by Crippen LogP contribution is 2.28. The van der Waals surface area contributed by atoms with E-state index in [1.165, 1.54) is 19.4 Å². The van der Waals surface area contributed by atoms with E-state index in [1.807, 2.05) is 34.6 Å². The van der Waals surface area contributed by atoms with Crippen molar-refractivity contribution >= 4 is 11.9 Å². The number of hydrogen-bond acceptors (Lipinski definition) is 9. The number of esters is 1. The number of aromatic hydroxyl groups is 1. The van der Waals surface area contributed by atoms with Gasteiger partial charge in [-0.25, -0.2) is 9.78 Å². The molecule has 34 heavy (non-hydrogen) atoms. The van der Waals surface area contributed by atoms with Crippen LogP contribution in [-0.4, -0.2) is 78.9 Å². The van der Waals surface area contributed by atoms with E-state index in [2.05, 4.69) is 10.3 Å². The summed E-state index contributed by atoms with van der Waals surface area (Å²) in [5, 5.41) is 12.8. The van der Waals surface area contributed by atoms with Crippen molar-refractivity contribution in [2.45, 2.75) is 77.9 Å². The summed E-state index contributed by atoms with van der Waals surface area (Å²) < 4.78 is 28.9. The maximum absolute atomic E-state index is 12.9. The fraction of sp³-hybridized carbons (Fsp3) is 0.708. The number of nitrogens with one attached hydrogen (secondary N) is 1. The summed E-state index contributed by atoms with van der Waals surface area (Å²) >= 11 is 0. The first-order valence-electron chi connectivity index (χ1n) is 11.6. The Hall–Kier alpha value is -2.43. The first-order chi connectivity index (χ1) is 16.0. The summed E-state index contributed by atoms with van der Waals surface area (Å²) in [6.45, 7) is 12.2. The fourth-order valence-electron chi connectivity index (χ4n) is 3.33. The van der Waals surface area contributed by atoms with Crippen molar-refractivity contribution in [3.8, 4) is 11.5 Å². The molecule has 1 aliphatic rings. The second kappa shape index (κ2) is 12.3. The Kier molecular flexibility index (Phi) is 10.1. The van der Waals surface area contributed by atoms with Crippen molar-refractivity contribution in [1.29, 1.82) is 0 Å². The van der Waals surface area contributed by atoms with E-state index >= 15 is 0 Å². The molecule has 1 aromatic rings. The van der Waals surface area contributed by atoms with Crippen molar-refractivity contribution in [2.75, 3.05) is 26.9 Å². The molecule has 10 heteroatoms. The lowest BCUT2D eigenvalue weighted by Crippen LogP contribution is -2.48. The van der Waals surface area contributed by atoms with Crippen LogP contribution in [0.15, 0.2) is 12.3 Å². The van der Waals surface area contributed by atoms with Crippen LogP contribution in [0.4, 0.5) is 0 Å². The van der Waals surface area contributed by atoms with Crippen LogP contribution in [-0.2, 0) is 23.7 Å². The summed E-state index contributed by atoms with van der Waals surface area (Å²) in [6, 6.07) is 0.298. The summed E-state index contributed by atoms with van der Waals surface area (Å²) in [5.74, 6) is -1.51. The van der Waals surface area contributed by atoms with Gasteiger partial charge >= 0.3 is 5.97 Å². The summed E-state index contributed by atoms with van der Waals surface area (Å²) in [7, 11) is 1.36. The maximum atomic E-state index is 12.9. The number of carbonyl (C=O) groups is 2. The number of rotatable bonds is 9. The third-order valence-electron chi connectivity index (χ3n) is 5.55. The predicted molar refractivity (Wildman–Crippen MR) is 124 cm³/mol. The highest BCUT2D eigenvalue weighted by Gasteiger charge is 2.38. The van der Waals surface area contributed by atoms with E-state index in [4.69, 9.17) is 23.7 Å². The summed E-state index contributed by atoms with van der Waals surface area (Å²) in [4.78, 5) is 29.6. The molecule has 2 rings (SSSR count). The van der Waals surface area contributed by atoms with Crippen LogP contribution in [0.5, 0.6) is 11.5 Å². The molecule has 0 saturated carbocycles. The third-order valence-corrected chi connectivity index (χ3v) is 5.55. The number of methoxy groups -OCH3 is 1. The molecule has 4 atom stereocenters. The number of aromatic nitrogens is 1. The van der Waals surface area contributed by atoms with Crippen LogP contribution in [0.25, 0.3) is 0 Å². The molecule has 2 N–H and O–H groups in total. The van der Waals surface area contributed by atoms with Gasteiger partial charge in [0.15, 0.2) is 23.2 Å². The lowest BCUT2D eigenvalue weighted by Gasteiger charge is -2.36. The molecule has 0 radical (unpaired) electrons. The zero-order chi connectivity index (χ0) is 25.5. The van der Waals surface area contributed by atoms with E-state index in [0.29, 0.717) is 6.61 Å². The highest BCUT2D eigenvalue weighted by molar-refractivity contribution is 5.98. The summed E-state index contributed by atoms with van der Waals surface area (Å²) in [5.41, 5.74) is -0.710. The van der Waals surface area contributed by atoms with Crippen molar-refractivity contribution in [1.82, 2.24) is 10.3 Å². The van der Waals surface area contributed by atoms with Gasteiger partial charge in [0.2, 0.25) is 0 Å². The second-order valence-corrected chi connectivity index (χ2v) is 9.38. The van der Waals surface area contributed by atoms with Gasteiger partial charge in [-0.05, 0) is 33.1 Å². The summed E-state index contributed by atoms with van der Waals surface area (Å²) in [6.07, 6.45) is 0.380. The number of cyclic esters (lactones) is 1. The SMILES string of the molecule is CCC(C)(C)OC1COCC(NC(=O)c2nccc(OC)c2O)C(=O)OC(C)C1OCC(C)C. The average Bonchev–Trinajstić information content (AvgIpc) is 2.81. The number of carbonyl (C=O) groups excluding carboxylic acids is 2. The minimum Gasteiger partial charge on any atom is -0.503 e. The van der Waals surface area contributed by atoms with Gasteiger partial charge in [-0.1, -0.05) is 20.8 Å². The number of nitrogens with zero attached hydrogens (tertiary/aromatic N) is 1. The number of hydrogen-bond donors (Lipinski definition) is 2. The van der Waals surface area contributed by atoms with E-state index in [9.17, 15) is 14.7 Å². The Morgan fingerprint density at radius 1 is 1.35 bits per heavy atom. The van der Waals surface area contributed by atoms with Gasteiger partial charge in [0.05, 0.1) is 25.9 Å². The average molecular weight is 483 g/mol.